The van der Waals surface area contributed by atoms with Crippen LogP contribution >= 0.6 is 11.3 Å². The summed E-state index contributed by atoms with van der Waals surface area (Å²) in [5.74, 6) is 1.58. The molecule has 2 N–H and O–H groups in total. The fourth-order valence-electron chi connectivity index (χ4n) is 5.03. The molecule has 37 heavy (non-hydrogen) atoms. The molecule has 1 saturated heterocycles. The Hall–Kier alpha value is -3.75. The highest BCUT2D eigenvalue weighted by atomic mass is 32.1. The Labute approximate surface area is 219 Å². The summed E-state index contributed by atoms with van der Waals surface area (Å²) < 4.78 is 5.60. The van der Waals surface area contributed by atoms with Gasteiger partial charge in [-0.2, -0.15) is 0 Å². The summed E-state index contributed by atoms with van der Waals surface area (Å²) in [6.07, 6.45) is 3.86. The number of aryl methyl sites for hydroxylation is 1. The Kier molecular flexibility index (Phi) is 6.14. The first kappa shape index (κ1) is 23.6. The van der Waals surface area contributed by atoms with Crippen LogP contribution in [0.1, 0.15) is 39.3 Å². The van der Waals surface area contributed by atoms with Crippen LogP contribution in [0.25, 0.3) is 10.6 Å². The number of fused-ring (bicyclic) bond motifs is 1. The molecule has 0 spiro atoms. The SMILES string of the molecule is Cc1nc(-c2ccc3c(c2)CCO3)sc1C(=O)Nc1ccc(N2CCC(O)(c3ccccc3)CC2)nc1. The van der Waals surface area contributed by atoms with E-state index in [2.05, 4.69) is 26.3 Å². The molecule has 0 unspecified atom stereocenters. The number of pyridine rings is 1. The van der Waals surface area contributed by atoms with Gasteiger partial charge in [-0.05, 0) is 61.2 Å². The summed E-state index contributed by atoms with van der Waals surface area (Å²) in [6.45, 7) is 3.99. The maximum atomic E-state index is 13.0. The molecule has 0 saturated carbocycles. The molecule has 0 radical (unpaired) electrons. The molecular formula is C29H28N4O3S. The Morgan fingerprint density at radius 3 is 2.68 bits per heavy atom. The molecule has 1 fully saturated rings. The van der Waals surface area contributed by atoms with Crippen molar-refractivity contribution < 1.29 is 14.6 Å². The second kappa shape index (κ2) is 9.61. The van der Waals surface area contributed by atoms with Crippen LogP contribution in [-0.4, -0.2) is 40.7 Å². The van der Waals surface area contributed by atoms with Crippen molar-refractivity contribution in [2.75, 3.05) is 29.9 Å². The number of ether oxygens (including phenoxy) is 1. The lowest BCUT2D eigenvalue weighted by atomic mass is 9.84. The number of rotatable bonds is 5. The lowest BCUT2D eigenvalue weighted by molar-refractivity contribution is 0.0116. The Balaban J connectivity index is 1.10. The van der Waals surface area contributed by atoms with Gasteiger partial charge < -0.3 is 20.1 Å². The van der Waals surface area contributed by atoms with Crippen LogP contribution in [-0.2, 0) is 12.0 Å². The standard InChI is InChI=1S/C29H28N4O3S/c1-19-26(37-28(31-19)21-7-9-24-20(17-21)11-16-36-24)27(34)32-23-8-10-25(30-18-23)33-14-12-29(35,13-15-33)22-5-3-2-4-6-22/h2-10,17-18,35H,11-16H2,1H3,(H,32,34). The predicted octanol–water partition coefficient (Wildman–Crippen LogP) is 5.19. The van der Waals surface area contributed by atoms with Crippen molar-refractivity contribution in [1.82, 2.24) is 9.97 Å². The minimum Gasteiger partial charge on any atom is -0.493 e. The van der Waals surface area contributed by atoms with Gasteiger partial charge in [0.2, 0.25) is 0 Å². The number of hydrogen-bond donors (Lipinski definition) is 2. The van der Waals surface area contributed by atoms with Crippen molar-refractivity contribution in [2.24, 2.45) is 0 Å². The van der Waals surface area contributed by atoms with Gasteiger partial charge in [-0.15, -0.1) is 11.3 Å². The molecule has 188 valence electrons. The third-order valence-electron chi connectivity index (χ3n) is 7.17. The van der Waals surface area contributed by atoms with Gasteiger partial charge in [0.25, 0.3) is 5.91 Å². The normalized spacial score (nSPS) is 16.2. The number of nitrogens with zero attached hydrogens (tertiary/aromatic N) is 3. The van der Waals surface area contributed by atoms with Crippen molar-refractivity contribution in [3.05, 3.63) is 88.6 Å². The van der Waals surface area contributed by atoms with Crippen molar-refractivity contribution in [3.8, 4) is 16.3 Å². The number of carbonyl (C=O) groups is 1. The number of aromatic nitrogens is 2. The van der Waals surface area contributed by atoms with Gasteiger partial charge in [-0.25, -0.2) is 9.97 Å². The predicted molar refractivity (Wildman–Crippen MR) is 145 cm³/mol. The van der Waals surface area contributed by atoms with E-state index in [-0.39, 0.29) is 5.91 Å². The summed E-state index contributed by atoms with van der Waals surface area (Å²) >= 11 is 1.39. The minimum atomic E-state index is -0.801. The monoisotopic (exact) mass is 512 g/mol. The maximum absolute atomic E-state index is 13.0. The van der Waals surface area contributed by atoms with Gasteiger partial charge in [0.1, 0.15) is 21.5 Å². The Bertz CT molecular complexity index is 1430. The number of piperidine rings is 1. The quantitative estimate of drug-likeness (QED) is 0.383. The lowest BCUT2D eigenvalue weighted by Crippen LogP contribution is -2.42. The summed E-state index contributed by atoms with van der Waals surface area (Å²) in [7, 11) is 0. The van der Waals surface area contributed by atoms with Crippen LogP contribution in [0, 0.1) is 6.92 Å². The average molecular weight is 513 g/mol. The van der Waals surface area contributed by atoms with E-state index >= 15 is 0 Å². The summed E-state index contributed by atoms with van der Waals surface area (Å²) in [4.78, 5) is 25.0. The lowest BCUT2D eigenvalue weighted by Gasteiger charge is -2.39. The van der Waals surface area contributed by atoms with E-state index in [0.29, 0.717) is 48.8 Å². The van der Waals surface area contributed by atoms with E-state index in [4.69, 9.17) is 4.74 Å². The van der Waals surface area contributed by atoms with Crippen LogP contribution in [0.2, 0.25) is 0 Å². The number of amides is 1. The van der Waals surface area contributed by atoms with Gasteiger partial charge >= 0.3 is 0 Å². The zero-order chi connectivity index (χ0) is 25.4. The minimum absolute atomic E-state index is 0.189. The summed E-state index contributed by atoms with van der Waals surface area (Å²) in [5, 5.41) is 14.9. The largest absolute Gasteiger partial charge is 0.493 e. The number of anilines is 2. The number of aliphatic hydroxyl groups is 1. The number of thiazole rings is 1. The van der Waals surface area contributed by atoms with Crippen molar-refractivity contribution in [3.63, 3.8) is 0 Å². The molecule has 0 bridgehead atoms. The maximum Gasteiger partial charge on any atom is 0.267 e. The zero-order valence-electron chi connectivity index (χ0n) is 20.6. The first-order valence-corrected chi connectivity index (χ1v) is 13.3. The van der Waals surface area contributed by atoms with Crippen molar-refractivity contribution in [2.45, 2.75) is 31.8 Å². The number of nitrogens with one attached hydrogen (secondary N) is 1. The Morgan fingerprint density at radius 2 is 1.92 bits per heavy atom. The van der Waals surface area contributed by atoms with Gasteiger partial charge in [-0.3, -0.25) is 4.79 Å². The topological polar surface area (TPSA) is 87.6 Å². The summed E-state index contributed by atoms with van der Waals surface area (Å²) in [5.41, 5.74) is 3.69. The van der Waals surface area contributed by atoms with E-state index in [1.165, 1.54) is 16.9 Å². The van der Waals surface area contributed by atoms with Gasteiger partial charge in [0.15, 0.2) is 0 Å². The van der Waals surface area contributed by atoms with Crippen LogP contribution in [0.5, 0.6) is 5.75 Å². The van der Waals surface area contributed by atoms with Crippen LogP contribution in [0.4, 0.5) is 11.5 Å². The molecule has 8 heteroatoms. The number of benzene rings is 2. The summed E-state index contributed by atoms with van der Waals surface area (Å²) in [6, 6.07) is 19.7. The Morgan fingerprint density at radius 1 is 1.11 bits per heavy atom. The highest BCUT2D eigenvalue weighted by Crippen LogP contribution is 2.35. The second-order valence-corrected chi connectivity index (χ2v) is 10.6. The third kappa shape index (κ3) is 4.70. The second-order valence-electron chi connectivity index (χ2n) is 9.60. The molecule has 1 amide bonds. The van der Waals surface area contributed by atoms with E-state index < -0.39 is 5.60 Å². The number of hydrogen-bond acceptors (Lipinski definition) is 7. The highest BCUT2D eigenvalue weighted by molar-refractivity contribution is 7.17. The zero-order valence-corrected chi connectivity index (χ0v) is 21.4. The van der Waals surface area contributed by atoms with E-state index in [9.17, 15) is 9.90 Å². The highest BCUT2D eigenvalue weighted by Gasteiger charge is 2.34. The van der Waals surface area contributed by atoms with Crippen molar-refractivity contribution in [1.29, 1.82) is 0 Å². The van der Waals surface area contributed by atoms with Crippen LogP contribution in [0.3, 0.4) is 0 Å². The third-order valence-corrected chi connectivity index (χ3v) is 8.38. The molecule has 7 nitrogen and oxygen atoms in total. The fraction of sp³-hybridized carbons (Fsp3) is 0.276. The molecule has 2 aromatic heterocycles. The van der Waals surface area contributed by atoms with Gasteiger partial charge in [0, 0.05) is 25.1 Å². The molecular weight excluding hydrogens is 484 g/mol. The first-order valence-electron chi connectivity index (χ1n) is 12.5. The van der Waals surface area contributed by atoms with Crippen LogP contribution in [0.15, 0.2) is 66.9 Å². The molecule has 2 aliphatic heterocycles. The van der Waals surface area contributed by atoms with Gasteiger partial charge in [-0.1, -0.05) is 30.3 Å². The van der Waals surface area contributed by atoms with Crippen molar-refractivity contribution >= 4 is 28.7 Å². The van der Waals surface area contributed by atoms with E-state index in [1.54, 1.807) is 6.20 Å². The first-order chi connectivity index (χ1) is 18.0. The van der Waals surface area contributed by atoms with E-state index in [1.807, 2.05) is 61.5 Å². The fourth-order valence-corrected chi connectivity index (χ4v) is 5.99. The number of carbonyl (C=O) groups excluding carboxylic acids is 1. The molecule has 2 aliphatic rings. The molecule has 4 heterocycles. The molecule has 0 aliphatic carbocycles. The average Bonchev–Trinajstić information content (AvgIpc) is 3.56. The van der Waals surface area contributed by atoms with E-state index in [0.717, 1.165) is 34.1 Å². The van der Waals surface area contributed by atoms with Gasteiger partial charge in [0.05, 0.1) is 29.8 Å². The molecule has 0 atom stereocenters. The molecule has 6 rings (SSSR count). The molecule has 2 aromatic carbocycles. The smallest absolute Gasteiger partial charge is 0.267 e. The molecule has 4 aromatic rings. The van der Waals surface area contributed by atoms with Crippen LogP contribution < -0.4 is 15.0 Å².